The number of hydrogen-bond donors (Lipinski definition) is 1. The Labute approximate surface area is 144 Å². The van der Waals surface area contributed by atoms with Gasteiger partial charge in [0.05, 0.1) is 20.3 Å². The number of aromatic nitrogens is 4. The van der Waals surface area contributed by atoms with Crippen molar-refractivity contribution in [2.75, 3.05) is 25.6 Å². The number of nitrogens with one attached hydrogen (secondary N) is 1. The minimum atomic E-state index is 0.471. The summed E-state index contributed by atoms with van der Waals surface area (Å²) in [5.74, 6) is 2.60. The van der Waals surface area contributed by atoms with E-state index >= 15 is 0 Å². The highest BCUT2D eigenvalue weighted by atomic mass is 16.5. The van der Waals surface area contributed by atoms with Gasteiger partial charge in [-0.1, -0.05) is 17.2 Å². The first-order valence-corrected chi connectivity index (χ1v) is 7.93. The molecule has 2 aromatic carbocycles. The van der Waals surface area contributed by atoms with Crippen LogP contribution in [-0.2, 0) is 0 Å². The van der Waals surface area contributed by atoms with Crippen molar-refractivity contribution in [2.45, 2.75) is 6.42 Å². The van der Waals surface area contributed by atoms with E-state index in [0.717, 1.165) is 23.5 Å². The first-order chi connectivity index (χ1) is 12.3. The third-order valence-electron chi connectivity index (χ3n) is 3.79. The van der Waals surface area contributed by atoms with E-state index < -0.39 is 0 Å². The Kier molecular flexibility index (Phi) is 4.07. The van der Waals surface area contributed by atoms with E-state index in [2.05, 4.69) is 20.8 Å². The molecule has 1 N–H and O–H groups in total. The number of tetrazole rings is 1. The molecule has 25 heavy (non-hydrogen) atoms. The molecule has 0 radical (unpaired) electrons. The molecule has 1 aliphatic heterocycles. The quantitative estimate of drug-likeness (QED) is 0.782. The number of fused-ring (bicyclic) bond motifs is 1. The molecule has 128 valence electrons. The number of ether oxygens (including phenoxy) is 3. The molecule has 1 aliphatic rings. The zero-order valence-corrected chi connectivity index (χ0v) is 13.7. The van der Waals surface area contributed by atoms with Crippen LogP contribution >= 0.6 is 0 Å². The minimum absolute atomic E-state index is 0.471. The van der Waals surface area contributed by atoms with Crippen molar-refractivity contribution in [3.8, 4) is 22.9 Å². The third kappa shape index (κ3) is 3.06. The van der Waals surface area contributed by atoms with Gasteiger partial charge in [0.1, 0.15) is 11.4 Å². The molecule has 8 heteroatoms. The SMILES string of the molecule is COc1ccccc1-n1nnnc1Nc1ccc2c(c1)OCCCO2. The second kappa shape index (κ2) is 6.68. The van der Waals surface area contributed by atoms with Gasteiger partial charge in [0.2, 0.25) is 0 Å². The van der Waals surface area contributed by atoms with Crippen LogP contribution in [0, 0.1) is 0 Å². The second-order valence-corrected chi connectivity index (χ2v) is 5.42. The predicted octanol–water partition coefficient (Wildman–Crippen LogP) is 2.58. The lowest BCUT2D eigenvalue weighted by Crippen LogP contribution is -2.05. The average Bonchev–Trinajstić information content (AvgIpc) is 2.97. The highest BCUT2D eigenvalue weighted by Gasteiger charge is 2.15. The van der Waals surface area contributed by atoms with Crippen molar-refractivity contribution in [2.24, 2.45) is 0 Å². The van der Waals surface area contributed by atoms with Crippen LogP contribution in [0.4, 0.5) is 11.6 Å². The number of benzene rings is 2. The van der Waals surface area contributed by atoms with Crippen LogP contribution in [0.15, 0.2) is 42.5 Å². The van der Waals surface area contributed by atoms with Crippen LogP contribution in [0.5, 0.6) is 17.2 Å². The Balaban J connectivity index is 1.65. The van der Waals surface area contributed by atoms with Crippen molar-refractivity contribution in [3.63, 3.8) is 0 Å². The van der Waals surface area contributed by atoms with Crippen molar-refractivity contribution in [1.29, 1.82) is 0 Å². The number of nitrogens with zero attached hydrogens (tertiary/aromatic N) is 4. The monoisotopic (exact) mass is 339 g/mol. The van der Waals surface area contributed by atoms with Gasteiger partial charge in [-0.15, -0.1) is 0 Å². The lowest BCUT2D eigenvalue weighted by molar-refractivity contribution is 0.297. The fourth-order valence-electron chi connectivity index (χ4n) is 2.60. The van der Waals surface area contributed by atoms with Crippen LogP contribution in [0.25, 0.3) is 5.69 Å². The molecule has 0 atom stereocenters. The van der Waals surface area contributed by atoms with Gasteiger partial charge in [-0.05, 0) is 34.7 Å². The topological polar surface area (TPSA) is 83.3 Å². The fraction of sp³-hybridized carbons (Fsp3) is 0.235. The lowest BCUT2D eigenvalue weighted by atomic mass is 10.2. The van der Waals surface area contributed by atoms with Crippen molar-refractivity contribution in [1.82, 2.24) is 20.2 Å². The Morgan fingerprint density at radius 2 is 1.92 bits per heavy atom. The van der Waals surface area contributed by atoms with E-state index in [0.29, 0.717) is 30.7 Å². The summed E-state index contributed by atoms with van der Waals surface area (Å²) in [5.41, 5.74) is 1.54. The average molecular weight is 339 g/mol. The highest BCUT2D eigenvalue weighted by molar-refractivity contribution is 5.61. The molecular weight excluding hydrogens is 322 g/mol. The highest BCUT2D eigenvalue weighted by Crippen LogP contribution is 2.33. The van der Waals surface area contributed by atoms with Gasteiger partial charge in [-0.3, -0.25) is 0 Å². The summed E-state index contributed by atoms with van der Waals surface area (Å²) in [6, 6.07) is 13.2. The van der Waals surface area contributed by atoms with Crippen molar-refractivity contribution < 1.29 is 14.2 Å². The fourth-order valence-corrected chi connectivity index (χ4v) is 2.60. The zero-order chi connectivity index (χ0) is 17.1. The standard InChI is InChI=1S/C17H17N5O3/c1-23-14-6-3-2-5-13(14)22-17(19-20-21-22)18-12-7-8-15-16(11-12)25-10-4-9-24-15/h2-3,5-8,11H,4,9-10H2,1H3,(H,18,19,21). The summed E-state index contributed by atoms with van der Waals surface area (Å²) in [4.78, 5) is 0. The van der Waals surface area contributed by atoms with Gasteiger partial charge in [-0.25, -0.2) is 0 Å². The maximum absolute atomic E-state index is 5.72. The summed E-state index contributed by atoms with van der Waals surface area (Å²) in [6.45, 7) is 1.29. The molecule has 3 aromatic rings. The van der Waals surface area contributed by atoms with E-state index in [9.17, 15) is 0 Å². The molecule has 0 bridgehead atoms. The largest absolute Gasteiger partial charge is 0.494 e. The minimum Gasteiger partial charge on any atom is -0.494 e. The first-order valence-electron chi connectivity index (χ1n) is 7.93. The molecule has 0 saturated heterocycles. The second-order valence-electron chi connectivity index (χ2n) is 5.42. The van der Waals surface area contributed by atoms with E-state index in [1.807, 2.05) is 42.5 Å². The van der Waals surface area contributed by atoms with Crippen LogP contribution in [0.2, 0.25) is 0 Å². The molecule has 0 fully saturated rings. The molecular formula is C17H17N5O3. The third-order valence-corrected chi connectivity index (χ3v) is 3.79. The van der Waals surface area contributed by atoms with Crippen LogP contribution in [0.1, 0.15) is 6.42 Å². The smallest absolute Gasteiger partial charge is 0.252 e. The number of rotatable bonds is 4. The molecule has 0 spiro atoms. The Morgan fingerprint density at radius 3 is 2.80 bits per heavy atom. The van der Waals surface area contributed by atoms with Crippen LogP contribution in [-0.4, -0.2) is 40.5 Å². The Hall–Kier alpha value is -3.29. The van der Waals surface area contributed by atoms with E-state index in [-0.39, 0.29) is 0 Å². The number of hydrogen-bond acceptors (Lipinski definition) is 7. The molecule has 8 nitrogen and oxygen atoms in total. The maximum atomic E-state index is 5.72. The summed E-state index contributed by atoms with van der Waals surface area (Å²) in [5, 5.41) is 15.1. The van der Waals surface area contributed by atoms with Crippen LogP contribution < -0.4 is 19.5 Å². The Morgan fingerprint density at radius 1 is 1.08 bits per heavy atom. The molecule has 0 unspecified atom stereocenters. The summed E-state index contributed by atoms with van der Waals surface area (Å²) < 4.78 is 18.3. The molecule has 0 saturated carbocycles. The number of para-hydroxylation sites is 2. The van der Waals surface area contributed by atoms with E-state index in [4.69, 9.17) is 14.2 Å². The molecule has 0 aliphatic carbocycles. The summed E-state index contributed by atoms with van der Waals surface area (Å²) in [6.07, 6.45) is 0.865. The molecule has 4 rings (SSSR count). The Bertz CT molecular complexity index is 880. The molecule has 0 amide bonds. The zero-order valence-electron chi connectivity index (χ0n) is 13.7. The number of methoxy groups -OCH3 is 1. The predicted molar refractivity (Wildman–Crippen MR) is 91.0 cm³/mol. The van der Waals surface area contributed by atoms with Gasteiger partial charge >= 0.3 is 0 Å². The van der Waals surface area contributed by atoms with Gasteiger partial charge in [0.25, 0.3) is 5.95 Å². The van der Waals surface area contributed by atoms with Crippen molar-refractivity contribution >= 4 is 11.6 Å². The molecule has 1 aromatic heterocycles. The molecule has 2 heterocycles. The lowest BCUT2D eigenvalue weighted by Gasteiger charge is -2.12. The maximum Gasteiger partial charge on any atom is 0.252 e. The summed E-state index contributed by atoms with van der Waals surface area (Å²) >= 11 is 0. The van der Waals surface area contributed by atoms with Gasteiger partial charge < -0.3 is 19.5 Å². The normalized spacial score (nSPS) is 13.2. The van der Waals surface area contributed by atoms with Gasteiger partial charge in [0, 0.05) is 18.2 Å². The van der Waals surface area contributed by atoms with Gasteiger partial charge in [0.15, 0.2) is 11.5 Å². The summed E-state index contributed by atoms with van der Waals surface area (Å²) in [7, 11) is 1.61. The van der Waals surface area contributed by atoms with Gasteiger partial charge in [-0.2, -0.15) is 4.68 Å². The van der Waals surface area contributed by atoms with Crippen LogP contribution in [0.3, 0.4) is 0 Å². The first kappa shape index (κ1) is 15.3. The van der Waals surface area contributed by atoms with Crippen molar-refractivity contribution in [3.05, 3.63) is 42.5 Å². The number of anilines is 2. The van der Waals surface area contributed by atoms with E-state index in [1.165, 1.54) is 0 Å². The van der Waals surface area contributed by atoms with E-state index in [1.54, 1.807) is 11.8 Å².